The predicted molar refractivity (Wildman–Crippen MR) is 128 cm³/mol. The van der Waals surface area contributed by atoms with Crippen LogP contribution in [0.2, 0.25) is 0 Å². The molecule has 2 saturated heterocycles. The van der Waals surface area contributed by atoms with E-state index in [-0.39, 0.29) is 35.9 Å². The number of hydrogen-bond donors (Lipinski definition) is 1. The van der Waals surface area contributed by atoms with Gasteiger partial charge in [-0.25, -0.2) is 0 Å². The van der Waals surface area contributed by atoms with Crippen LogP contribution in [0.15, 0.2) is 33.7 Å². The van der Waals surface area contributed by atoms with Gasteiger partial charge in [0, 0.05) is 49.9 Å². The minimum atomic E-state index is -0.0869. The highest BCUT2D eigenvalue weighted by Gasteiger charge is 2.28. The number of aliphatic imine (C=N–C) groups is 1. The van der Waals surface area contributed by atoms with Gasteiger partial charge in [0.05, 0.1) is 13.0 Å². The van der Waals surface area contributed by atoms with Crippen molar-refractivity contribution in [2.24, 2.45) is 16.8 Å². The van der Waals surface area contributed by atoms with Crippen LogP contribution in [-0.4, -0.2) is 63.7 Å². The van der Waals surface area contributed by atoms with E-state index in [9.17, 15) is 4.79 Å². The van der Waals surface area contributed by atoms with E-state index in [1.165, 1.54) is 19.2 Å². The molecule has 0 aliphatic carbocycles. The monoisotopic (exact) mass is 564 g/mol. The van der Waals surface area contributed by atoms with Crippen molar-refractivity contribution in [2.75, 3.05) is 51.8 Å². The number of nitrogens with zero attached hydrogens (tertiary/aromatic N) is 3. The van der Waals surface area contributed by atoms with E-state index in [1.54, 1.807) is 0 Å². The van der Waals surface area contributed by atoms with Gasteiger partial charge < -0.3 is 19.9 Å². The number of methoxy groups -OCH3 is 1. The highest BCUT2D eigenvalue weighted by Crippen LogP contribution is 2.26. The lowest BCUT2D eigenvalue weighted by Gasteiger charge is -2.33. The number of halogens is 2. The lowest BCUT2D eigenvalue weighted by Crippen LogP contribution is -2.47. The third-order valence-corrected chi connectivity index (χ3v) is 6.04. The maximum atomic E-state index is 11.7. The highest BCUT2D eigenvalue weighted by molar-refractivity contribution is 14.0. The Hall–Kier alpha value is -1.03. The number of benzene rings is 1. The van der Waals surface area contributed by atoms with Gasteiger partial charge in [-0.15, -0.1) is 24.0 Å². The SMILES string of the molecule is CN=C(NCC1CCN(c2cccc(Br)c2)C1)N1CCC(C(=O)OC)CC1.I. The van der Waals surface area contributed by atoms with Crippen molar-refractivity contribution >= 4 is 57.5 Å². The van der Waals surface area contributed by atoms with Crippen LogP contribution >= 0.6 is 39.9 Å². The molecular formula is C20H30BrIN4O2. The van der Waals surface area contributed by atoms with Gasteiger partial charge in [0.25, 0.3) is 0 Å². The Morgan fingerprint density at radius 1 is 1.29 bits per heavy atom. The summed E-state index contributed by atoms with van der Waals surface area (Å²) in [5.74, 6) is 1.49. The zero-order valence-electron chi connectivity index (χ0n) is 16.6. The number of anilines is 1. The first kappa shape index (κ1) is 23.3. The summed E-state index contributed by atoms with van der Waals surface area (Å²) >= 11 is 3.56. The van der Waals surface area contributed by atoms with Gasteiger partial charge in [-0.05, 0) is 43.4 Å². The number of likely N-dealkylation sites (tertiary alicyclic amines) is 1. The maximum absolute atomic E-state index is 11.7. The van der Waals surface area contributed by atoms with Crippen molar-refractivity contribution in [3.63, 3.8) is 0 Å². The van der Waals surface area contributed by atoms with E-state index >= 15 is 0 Å². The Morgan fingerprint density at radius 3 is 2.68 bits per heavy atom. The van der Waals surface area contributed by atoms with Crippen molar-refractivity contribution in [3.05, 3.63) is 28.7 Å². The average molecular weight is 565 g/mol. The maximum Gasteiger partial charge on any atom is 0.308 e. The molecule has 0 saturated carbocycles. The lowest BCUT2D eigenvalue weighted by atomic mass is 9.97. The molecule has 2 aliphatic heterocycles. The predicted octanol–water partition coefficient (Wildman–Crippen LogP) is 3.35. The third kappa shape index (κ3) is 5.98. The Balaban J connectivity index is 0.00000280. The number of ether oxygens (including phenoxy) is 1. The van der Waals surface area contributed by atoms with Crippen LogP contribution in [0, 0.1) is 11.8 Å². The molecule has 2 fully saturated rings. The Bertz CT molecular complexity index is 680. The summed E-state index contributed by atoms with van der Waals surface area (Å²) in [5.41, 5.74) is 1.28. The van der Waals surface area contributed by atoms with Crippen LogP contribution in [-0.2, 0) is 9.53 Å². The zero-order valence-corrected chi connectivity index (χ0v) is 20.5. The molecule has 1 atom stereocenters. The molecule has 0 aromatic heterocycles. The molecule has 3 rings (SSSR count). The van der Waals surface area contributed by atoms with Gasteiger partial charge in [0.2, 0.25) is 0 Å². The summed E-state index contributed by atoms with van der Waals surface area (Å²) in [6.45, 7) is 4.76. The molecule has 0 bridgehead atoms. The van der Waals surface area contributed by atoms with Crippen LogP contribution in [0.1, 0.15) is 19.3 Å². The van der Waals surface area contributed by atoms with Crippen molar-refractivity contribution < 1.29 is 9.53 Å². The van der Waals surface area contributed by atoms with E-state index in [4.69, 9.17) is 4.74 Å². The Kier molecular flexibility index (Phi) is 9.33. The summed E-state index contributed by atoms with van der Waals surface area (Å²) in [7, 11) is 3.30. The second-order valence-corrected chi connectivity index (χ2v) is 8.21. The van der Waals surface area contributed by atoms with Crippen LogP contribution in [0.5, 0.6) is 0 Å². The summed E-state index contributed by atoms with van der Waals surface area (Å²) in [6.07, 6.45) is 2.84. The first-order valence-corrected chi connectivity index (χ1v) is 10.4. The molecular weight excluding hydrogens is 535 g/mol. The van der Waals surface area contributed by atoms with Gasteiger partial charge in [0.1, 0.15) is 0 Å². The molecule has 1 aromatic rings. The van der Waals surface area contributed by atoms with Crippen LogP contribution < -0.4 is 10.2 Å². The van der Waals surface area contributed by atoms with Gasteiger partial charge in [-0.2, -0.15) is 0 Å². The van der Waals surface area contributed by atoms with Crippen LogP contribution in [0.25, 0.3) is 0 Å². The van der Waals surface area contributed by atoms with E-state index < -0.39 is 0 Å². The third-order valence-electron chi connectivity index (χ3n) is 5.55. The quantitative estimate of drug-likeness (QED) is 0.263. The van der Waals surface area contributed by atoms with Gasteiger partial charge in [-0.3, -0.25) is 9.79 Å². The summed E-state index contributed by atoms with van der Waals surface area (Å²) < 4.78 is 5.99. The molecule has 8 heteroatoms. The van der Waals surface area contributed by atoms with Gasteiger partial charge >= 0.3 is 5.97 Å². The molecule has 2 heterocycles. The molecule has 1 unspecified atom stereocenters. The highest BCUT2D eigenvalue weighted by atomic mass is 127. The van der Waals surface area contributed by atoms with Crippen molar-refractivity contribution in [2.45, 2.75) is 19.3 Å². The molecule has 6 nitrogen and oxygen atoms in total. The molecule has 0 radical (unpaired) electrons. The number of rotatable bonds is 4. The Morgan fingerprint density at radius 2 is 2.04 bits per heavy atom. The fraction of sp³-hybridized carbons (Fsp3) is 0.600. The smallest absolute Gasteiger partial charge is 0.308 e. The summed E-state index contributed by atoms with van der Waals surface area (Å²) in [6, 6.07) is 8.50. The zero-order chi connectivity index (χ0) is 19.2. The number of carbonyl (C=O) groups is 1. The van der Waals surface area contributed by atoms with E-state index in [0.29, 0.717) is 5.92 Å². The molecule has 2 aliphatic rings. The number of carbonyl (C=O) groups excluding carboxylic acids is 1. The minimum Gasteiger partial charge on any atom is -0.469 e. The second kappa shape index (κ2) is 11.2. The van der Waals surface area contributed by atoms with Crippen LogP contribution in [0.4, 0.5) is 5.69 Å². The molecule has 1 N–H and O–H groups in total. The largest absolute Gasteiger partial charge is 0.469 e. The molecule has 28 heavy (non-hydrogen) atoms. The number of esters is 1. The van der Waals surface area contributed by atoms with Gasteiger partial charge in [-0.1, -0.05) is 22.0 Å². The Labute approximate surface area is 193 Å². The molecule has 1 aromatic carbocycles. The number of guanidine groups is 1. The molecule has 0 amide bonds. The topological polar surface area (TPSA) is 57.2 Å². The second-order valence-electron chi connectivity index (χ2n) is 7.29. The van der Waals surface area contributed by atoms with Crippen molar-refractivity contribution in [1.29, 1.82) is 0 Å². The number of piperidine rings is 1. The minimum absolute atomic E-state index is 0. The average Bonchev–Trinajstić information content (AvgIpc) is 3.17. The normalized spacial score (nSPS) is 20.7. The van der Waals surface area contributed by atoms with Crippen LogP contribution in [0.3, 0.4) is 0 Å². The van der Waals surface area contributed by atoms with Crippen molar-refractivity contribution in [3.8, 4) is 0 Å². The summed E-state index contributed by atoms with van der Waals surface area (Å²) in [4.78, 5) is 20.8. The first-order valence-electron chi connectivity index (χ1n) is 9.64. The molecule has 0 spiro atoms. The number of nitrogens with one attached hydrogen (secondary N) is 1. The van der Waals surface area contributed by atoms with E-state index in [1.807, 2.05) is 7.05 Å². The summed E-state index contributed by atoms with van der Waals surface area (Å²) in [5, 5.41) is 3.55. The molecule has 156 valence electrons. The standard InChI is InChI=1S/C20H29BrN4O2.HI/c1-22-20(24-10-7-16(8-11-24)19(26)27-2)23-13-15-6-9-25(14-15)18-5-3-4-17(21)12-18;/h3-5,12,15-16H,6-11,13-14H2,1-2H3,(H,22,23);1H. The lowest BCUT2D eigenvalue weighted by molar-refractivity contribution is -0.146. The van der Waals surface area contributed by atoms with E-state index in [2.05, 4.69) is 60.3 Å². The fourth-order valence-electron chi connectivity index (χ4n) is 3.97. The van der Waals surface area contributed by atoms with Crippen molar-refractivity contribution in [1.82, 2.24) is 10.2 Å². The first-order chi connectivity index (χ1) is 13.1. The van der Waals surface area contributed by atoms with Gasteiger partial charge in [0.15, 0.2) is 5.96 Å². The fourth-order valence-corrected chi connectivity index (χ4v) is 4.36. The number of hydrogen-bond acceptors (Lipinski definition) is 4. The van der Waals surface area contributed by atoms with E-state index in [0.717, 1.165) is 56.0 Å².